The van der Waals surface area contributed by atoms with Crippen LogP contribution < -0.4 is 5.32 Å². The highest BCUT2D eigenvalue weighted by molar-refractivity contribution is 7.98. The highest BCUT2D eigenvalue weighted by atomic mass is 32.2. The normalized spacial score (nSPS) is 11.8. The minimum Gasteiger partial charge on any atom is -0.331 e. The summed E-state index contributed by atoms with van der Waals surface area (Å²) in [7, 11) is 3.42. The summed E-state index contributed by atoms with van der Waals surface area (Å²) < 4.78 is 15.3. The van der Waals surface area contributed by atoms with Gasteiger partial charge in [0.15, 0.2) is 11.0 Å². The van der Waals surface area contributed by atoms with Crippen molar-refractivity contribution in [3.8, 4) is 5.69 Å². The highest BCUT2D eigenvalue weighted by Crippen LogP contribution is 2.29. The summed E-state index contributed by atoms with van der Waals surface area (Å²) in [5, 5.41) is 12.9. The molecule has 1 heterocycles. The van der Waals surface area contributed by atoms with Gasteiger partial charge in [0, 0.05) is 32.0 Å². The van der Waals surface area contributed by atoms with E-state index in [0.29, 0.717) is 23.2 Å². The lowest BCUT2D eigenvalue weighted by Crippen LogP contribution is -2.39. The van der Waals surface area contributed by atoms with E-state index in [-0.39, 0.29) is 11.8 Å². The molecule has 0 fully saturated rings. The van der Waals surface area contributed by atoms with Gasteiger partial charge >= 0.3 is 6.03 Å². The third-order valence-electron chi connectivity index (χ3n) is 5.53. The maximum atomic E-state index is 13.3. The lowest BCUT2D eigenvalue weighted by molar-refractivity contribution is 0.212. The van der Waals surface area contributed by atoms with Crippen molar-refractivity contribution in [2.75, 3.05) is 14.1 Å². The van der Waals surface area contributed by atoms with Gasteiger partial charge in [0.2, 0.25) is 0 Å². The van der Waals surface area contributed by atoms with Crippen LogP contribution in [0.15, 0.2) is 84.0 Å². The number of thioether (sulfide) groups is 1. The summed E-state index contributed by atoms with van der Waals surface area (Å²) in [5.74, 6) is 0.997. The Morgan fingerprint density at radius 3 is 2.31 bits per heavy atom. The molecule has 6 nitrogen and oxygen atoms in total. The fourth-order valence-corrected chi connectivity index (χ4v) is 4.52. The molecule has 3 aromatic carbocycles. The first kappa shape index (κ1) is 24.5. The lowest BCUT2D eigenvalue weighted by Gasteiger charge is -2.22. The van der Waals surface area contributed by atoms with Crippen LogP contribution in [0.25, 0.3) is 5.69 Å². The first-order valence-electron chi connectivity index (χ1n) is 11.3. The molecule has 4 aromatic rings. The summed E-state index contributed by atoms with van der Waals surface area (Å²) in [6.45, 7) is 2.04. The fourth-order valence-electron chi connectivity index (χ4n) is 3.60. The molecule has 1 atom stereocenters. The molecule has 2 amide bonds. The van der Waals surface area contributed by atoms with Gasteiger partial charge in [-0.3, -0.25) is 4.57 Å². The number of carbonyl (C=O) groups excluding carboxylic acids is 1. The molecular weight excluding hydrogens is 461 g/mol. The largest absolute Gasteiger partial charge is 0.331 e. The molecule has 180 valence electrons. The van der Waals surface area contributed by atoms with Crippen molar-refractivity contribution in [3.63, 3.8) is 0 Å². The zero-order chi connectivity index (χ0) is 24.8. The molecule has 0 aliphatic rings. The average molecular weight is 490 g/mol. The Kier molecular flexibility index (Phi) is 7.82. The number of nitrogens with one attached hydrogen (secondary N) is 1. The molecule has 0 aliphatic heterocycles. The Labute approximate surface area is 209 Å². The topological polar surface area (TPSA) is 63.1 Å². The van der Waals surface area contributed by atoms with E-state index in [2.05, 4.69) is 15.5 Å². The van der Waals surface area contributed by atoms with Gasteiger partial charge < -0.3 is 10.2 Å². The van der Waals surface area contributed by atoms with E-state index in [0.717, 1.165) is 22.4 Å². The number of hydrogen-bond acceptors (Lipinski definition) is 4. The Hall–Kier alpha value is -3.65. The zero-order valence-corrected chi connectivity index (χ0v) is 20.8. The number of aromatic nitrogens is 3. The summed E-state index contributed by atoms with van der Waals surface area (Å²) >= 11 is 1.52. The first-order valence-corrected chi connectivity index (χ1v) is 12.3. The molecule has 1 N–H and O–H groups in total. The Bertz CT molecular complexity index is 1260. The van der Waals surface area contributed by atoms with Crippen molar-refractivity contribution < 1.29 is 9.18 Å². The maximum absolute atomic E-state index is 13.3. The predicted molar refractivity (Wildman–Crippen MR) is 137 cm³/mol. The predicted octanol–water partition coefficient (Wildman–Crippen LogP) is 5.56. The van der Waals surface area contributed by atoms with Gasteiger partial charge in [0.25, 0.3) is 0 Å². The Morgan fingerprint density at radius 1 is 0.971 bits per heavy atom. The Morgan fingerprint density at radius 2 is 1.66 bits per heavy atom. The standard InChI is InChI=1S/C27H28FN5OS/c1-19-9-15-23(16-10-19)33-25(30-31-27(33)35-18-21-11-13-22(28)14-12-21)24(29-26(34)32(2)3)17-20-7-5-4-6-8-20/h4-16,24H,17-18H2,1-3H3,(H,29,34). The second kappa shape index (κ2) is 11.2. The number of urea groups is 1. The van der Waals surface area contributed by atoms with Gasteiger partial charge in [-0.1, -0.05) is 71.9 Å². The van der Waals surface area contributed by atoms with E-state index in [1.807, 2.05) is 66.1 Å². The minimum absolute atomic E-state index is 0.204. The van der Waals surface area contributed by atoms with E-state index >= 15 is 0 Å². The van der Waals surface area contributed by atoms with E-state index in [4.69, 9.17) is 0 Å². The van der Waals surface area contributed by atoms with Crippen LogP contribution in [0.3, 0.4) is 0 Å². The van der Waals surface area contributed by atoms with Crippen LogP contribution in [0.5, 0.6) is 0 Å². The molecule has 8 heteroatoms. The van der Waals surface area contributed by atoms with Crippen LogP contribution in [0.4, 0.5) is 9.18 Å². The first-order chi connectivity index (χ1) is 16.9. The number of rotatable bonds is 8. The van der Waals surface area contributed by atoms with Gasteiger partial charge in [0.1, 0.15) is 5.82 Å². The van der Waals surface area contributed by atoms with Gasteiger partial charge in [-0.25, -0.2) is 9.18 Å². The number of carbonyl (C=O) groups is 1. The molecule has 0 spiro atoms. The highest BCUT2D eigenvalue weighted by Gasteiger charge is 2.25. The second-order valence-corrected chi connectivity index (χ2v) is 9.46. The van der Waals surface area contributed by atoms with E-state index < -0.39 is 6.04 Å². The van der Waals surface area contributed by atoms with Crippen LogP contribution in [0.1, 0.15) is 28.6 Å². The number of benzene rings is 3. The number of halogens is 1. The maximum Gasteiger partial charge on any atom is 0.317 e. The van der Waals surface area contributed by atoms with Crippen LogP contribution in [0.2, 0.25) is 0 Å². The monoisotopic (exact) mass is 489 g/mol. The van der Waals surface area contributed by atoms with Crippen molar-refractivity contribution in [1.82, 2.24) is 25.0 Å². The summed E-state index contributed by atoms with van der Waals surface area (Å²) in [6, 6.07) is 24.0. The zero-order valence-electron chi connectivity index (χ0n) is 20.0. The third-order valence-corrected chi connectivity index (χ3v) is 6.53. The molecular formula is C27H28FN5OS. The van der Waals surface area contributed by atoms with Crippen molar-refractivity contribution in [2.24, 2.45) is 0 Å². The van der Waals surface area contributed by atoms with Gasteiger partial charge in [0.05, 0.1) is 6.04 Å². The molecule has 1 unspecified atom stereocenters. The van der Waals surface area contributed by atoms with Crippen LogP contribution >= 0.6 is 11.8 Å². The number of hydrogen-bond donors (Lipinski definition) is 1. The van der Waals surface area contributed by atoms with Crippen molar-refractivity contribution >= 4 is 17.8 Å². The lowest BCUT2D eigenvalue weighted by atomic mass is 10.1. The van der Waals surface area contributed by atoms with Gasteiger partial charge in [-0.05, 0) is 42.3 Å². The molecule has 4 rings (SSSR count). The number of aryl methyl sites for hydroxylation is 1. The van der Waals surface area contributed by atoms with E-state index in [1.165, 1.54) is 28.8 Å². The fraction of sp³-hybridized carbons (Fsp3) is 0.222. The molecule has 35 heavy (non-hydrogen) atoms. The molecule has 1 aromatic heterocycles. The molecule has 0 radical (unpaired) electrons. The van der Waals surface area contributed by atoms with Crippen molar-refractivity contribution in [3.05, 3.63) is 107 Å². The van der Waals surface area contributed by atoms with E-state index in [1.54, 1.807) is 26.2 Å². The average Bonchev–Trinajstić information content (AvgIpc) is 3.28. The number of amides is 2. The molecule has 0 aliphatic carbocycles. The third kappa shape index (κ3) is 6.27. The number of nitrogens with zero attached hydrogens (tertiary/aromatic N) is 4. The Balaban J connectivity index is 1.72. The second-order valence-electron chi connectivity index (χ2n) is 8.51. The SMILES string of the molecule is Cc1ccc(-n2c(SCc3ccc(F)cc3)nnc2C(Cc2ccccc2)NC(=O)N(C)C)cc1. The molecule has 0 saturated heterocycles. The molecule has 0 saturated carbocycles. The van der Waals surface area contributed by atoms with Gasteiger partial charge in [-0.2, -0.15) is 0 Å². The van der Waals surface area contributed by atoms with Gasteiger partial charge in [-0.15, -0.1) is 10.2 Å². The van der Waals surface area contributed by atoms with Crippen molar-refractivity contribution in [1.29, 1.82) is 0 Å². The van der Waals surface area contributed by atoms with Crippen LogP contribution in [-0.4, -0.2) is 39.8 Å². The summed E-state index contributed by atoms with van der Waals surface area (Å²) in [5.41, 5.74) is 4.12. The summed E-state index contributed by atoms with van der Waals surface area (Å²) in [6.07, 6.45) is 0.563. The molecule has 0 bridgehead atoms. The minimum atomic E-state index is -0.402. The van der Waals surface area contributed by atoms with Crippen LogP contribution in [0, 0.1) is 12.7 Å². The smallest absolute Gasteiger partial charge is 0.317 e. The van der Waals surface area contributed by atoms with Crippen LogP contribution in [-0.2, 0) is 12.2 Å². The summed E-state index contributed by atoms with van der Waals surface area (Å²) in [4.78, 5) is 14.2. The van der Waals surface area contributed by atoms with Crippen molar-refractivity contribution in [2.45, 2.75) is 30.3 Å². The van der Waals surface area contributed by atoms with E-state index in [9.17, 15) is 9.18 Å². The quantitative estimate of drug-likeness (QED) is 0.329.